The van der Waals surface area contributed by atoms with Crippen LogP contribution in [0.15, 0.2) is 56.3 Å². The van der Waals surface area contributed by atoms with Crippen molar-refractivity contribution in [2.45, 2.75) is 26.5 Å². The average Bonchev–Trinajstić information content (AvgIpc) is 3.04. The molecule has 2 aromatic heterocycles. The van der Waals surface area contributed by atoms with E-state index in [9.17, 15) is 9.59 Å². The minimum atomic E-state index is -0.590. The number of fused-ring (bicyclic) bond motifs is 1. The van der Waals surface area contributed by atoms with Gasteiger partial charge in [-0.1, -0.05) is 0 Å². The molecule has 6 heteroatoms. The molecule has 0 aliphatic heterocycles. The van der Waals surface area contributed by atoms with Gasteiger partial charge in [0.05, 0.1) is 24.5 Å². The number of hydrogen-bond acceptors (Lipinski definition) is 5. The van der Waals surface area contributed by atoms with Gasteiger partial charge in [0.1, 0.15) is 17.1 Å². The van der Waals surface area contributed by atoms with E-state index in [1.54, 1.807) is 30.3 Å². The Bertz CT molecular complexity index is 909. The van der Waals surface area contributed by atoms with Crippen molar-refractivity contribution in [3.8, 4) is 5.75 Å². The summed E-state index contributed by atoms with van der Waals surface area (Å²) in [5, 5.41) is 3.27. The average molecular weight is 327 g/mol. The van der Waals surface area contributed by atoms with E-state index < -0.39 is 5.63 Å². The molecule has 0 radical (unpaired) electrons. The molecule has 0 fully saturated rings. The highest BCUT2D eigenvalue weighted by molar-refractivity contribution is 6.05. The molecule has 1 aromatic carbocycles. The van der Waals surface area contributed by atoms with Crippen molar-refractivity contribution in [1.29, 1.82) is 0 Å². The van der Waals surface area contributed by atoms with Crippen molar-refractivity contribution < 1.29 is 18.4 Å². The summed E-state index contributed by atoms with van der Waals surface area (Å²) in [6.07, 6.45) is 1.53. The molecule has 0 unspecified atom stereocenters. The molecule has 6 nitrogen and oxygen atoms in total. The minimum Gasteiger partial charge on any atom is -0.491 e. The zero-order valence-corrected chi connectivity index (χ0v) is 13.4. The molecule has 0 bridgehead atoms. The van der Waals surface area contributed by atoms with Crippen molar-refractivity contribution in [1.82, 2.24) is 5.32 Å². The summed E-state index contributed by atoms with van der Waals surface area (Å²) in [6.45, 7) is 4.04. The van der Waals surface area contributed by atoms with Crippen LogP contribution in [-0.2, 0) is 6.54 Å². The maximum absolute atomic E-state index is 12.4. The van der Waals surface area contributed by atoms with Gasteiger partial charge >= 0.3 is 5.63 Å². The Morgan fingerprint density at radius 3 is 2.79 bits per heavy atom. The summed E-state index contributed by atoms with van der Waals surface area (Å²) in [4.78, 5) is 24.2. The zero-order valence-electron chi connectivity index (χ0n) is 13.4. The van der Waals surface area contributed by atoms with Crippen molar-refractivity contribution in [2.75, 3.05) is 0 Å². The van der Waals surface area contributed by atoms with E-state index in [1.165, 1.54) is 12.3 Å². The first-order valence-electron chi connectivity index (χ1n) is 7.58. The van der Waals surface area contributed by atoms with Crippen LogP contribution in [0, 0.1) is 0 Å². The fourth-order valence-corrected chi connectivity index (χ4v) is 2.35. The van der Waals surface area contributed by atoms with Gasteiger partial charge in [-0.25, -0.2) is 4.79 Å². The summed E-state index contributed by atoms with van der Waals surface area (Å²) in [5.74, 6) is 0.832. The summed E-state index contributed by atoms with van der Waals surface area (Å²) < 4.78 is 15.9. The third-order valence-electron chi connectivity index (χ3n) is 3.34. The van der Waals surface area contributed by atoms with E-state index in [1.807, 2.05) is 13.8 Å². The van der Waals surface area contributed by atoms with Crippen LogP contribution in [0.1, 0.15) is 30.0 Å². The number of benzene rings is 1. The van der Waals surface area contributed by atoms with E-state index in [0.717, 1.165) is 0 Å². The van der Waals surface area contributed by atoms with Crippen molar-refractivity contribution in [2.24, 2.45) is 0 Å². The van der Waals surface area contributed by atoms with Crippen LogP contribution in [0.3, 0.4) is 0 Å². The molecule has 0 atom stereocenters. The normalized spacial score (nSPS) is 11.0. The lowest BCUT2D eigenvalue weighted by molar-refractivity contribution is 0.0949. The Balaban J connectivity index is 1.91. The van der Waals surface area contributed by atoms with E-state index in [4.69, 9.17) is 13.6 Å². The maximum Gasteiger partial charge on any atom is 0.337 e. The van der Waals surface area contributed by atoms with Gasteiger partial charge in [-0.15, -0.1) is 0 Å². The molecule has 1 amide bonds. The number of amides is 1. The topological polar surface area (TPSA) is 81.7 Å². The number of carbonyl (C=O) groups is 1. The van der Waals surface area contributed by atoms with Crippen molar-refractivity contribution in [3.05, 3.63) is 64.4 Å². The number of carbonyl (C=O) groups excluding carboxylic acids is 1. The molecule has 124 valence electrons. The van der Waals surface area contributed by atoms with Crippen LogP contribution in [-0.4, -0.2) is 12.0 Å². The van der Waals surface area contributed by atoms with E-state index >= 15 is 0 Å². The highest BCUT2D eigenvalue weighted by Gasteiger charge is 2.14. The minimum absolute atomic E-state index is 0.00560. The lowest BCUT2D eigenvalue weighted by Gasteiger charge is -2.11. The van der Waals surface area contributed by atoms with Crippen molar-refractivity contribution >= 4 is 16.9 Å². The van der Waals surface area contributed by atoms with Crippen molar-refractivity contribution in [3.63, 3.8) is 0 Å². The van der Waals surface area contributed by atoms with Gasteiger partial charge in [0.15, 0.2) is 0 Å². The largest absolute Gasteiger partial charge is 0.491 e. The lowest BCUT2D eigenvalue weighted by Crippen LogP contribution is -2.24. The summed E-state index contributed by atoms with van der Waals surface area (Å²) in [5.41, 5.74) is -0.0277. The number of rotatable bonds is 5. The van der Waals surface area contributed by atoms with Crippen LogP contribution in [0.25, 0.3) is 11.0 Å². The second-order valence-electron chi connectivity index (χ2n) is 5.57. The van der Waals surface area contributed by atoms with Gasteiger partial charge in [0, 0.05) is 17.5 Å². The van der Waals surface area contributed by atoms with Crippen LogP contribution in [0.2, 0.25) is 0 Å². The first kappa shape index (κ1) is 15.9. The quantitative estimate of drug-likeness (QED) is 0.728. The van der Waals surface area contributed by atoms with Gasteiger partial charge in [0.2, 0.25) is 0 Å². The van der Waals surface area contributed by atoms with Crippen LogP contribution >= 0.6 is 0 Å². The summed E-state index contributed by atoms with van der Waals surface area (Å²) in [6, 6.07) is 9.74. The molecule has 24 heavy (non-hydrogen) atoms. The number of ether oxygens (including phenoxy) is 1. The molecular weight excluding hydrogens is 310 g/mol. The molecule has 3 aromatic rings. The third kappa shape index (κ3) is 3.48. The molecule has 0 spiro atoms. The van der Waals surface area contributed by atoms with Crippen LogP contribution < -0.4 is 15.7 Å². The highest BCUT2D eigenvalue weighted by Crippen LogP contribution is 2.23. The second-order valence-corrected chi connectivity index (χ2v) is 5.57. The number of nitrogens with one attached hydrogen (secondary N) is 1. The Hall–Kier alpha value is -3.02. The van der Waals surface area contributed by atoms with Gasteiger partial charge in [-0.05, 0) is 38.1 Å². The highest BCUT2D eigenvalue weighted by atomic mass is 16.5. The Morgan fingerprint density at radius 2 is 2.08 bits per heavy atom. The smallest absolute Gasteiger partial charge is 0.337 e. The Morgan fingerprint density at radius 1 is 1.25 bits per heavy atom. The molecule has 0 saturated carbocycles. The molecule has 0 saturated heterocycles. The first-order chi connectivity index (χ1) is 11.5. The molecule has 1 N–H and O–H groups in total. The predicted molar refractivity (Wildman–Crippen MR) is 88.1 cm³/mol. The van der Waals surface area contributed by atoms with Crippen LogP contribution in [0.5, 0.6) is 5.75 Å². The standard InChI is InChI=1S/C18H17NO5/c1-11(2)23-12-5-6-14-15(9-17(20)24-16(14)8-12)18(21)19-10-13-4-3-7-22-13/h3-9,11H,10H2,1-2H3,(H,19,21). The first-order valence-corrected chi connectivity index (χ1v) is 7.58. The second kappa shape index (κ2) is 6.62. The fraction of sp³-hybridized carbons (Fsp3) is 0.222. The SMILES string of the molecule is CC(C)Oc1ccc2c(C(=O)NCc3ccco3)cc(=O)oc2c1. The molecule has 0 aliphatic rings. The van der Waals surface area contributed by atoms with Gasteiger partial charge in [0.25, 0.3) is 5.91 Å². The monoisotopic (exact) mass is 327 g/mol. The summed E-state index contributed by atoms with van der Waals surface area (Å²) in [7, 11) is 0. The van der Waals surface area contributed by atoms with E-state index in [-0.39, 0.29) is 24.1 Å². The number of hydrogen-bond donors (Lipinski definition) is 1. The zero-order chi connectivity index (χ0) is 17.1. The predicted octanol–water partition coefficient (Wildman–Crippen LogP) is 3.10. The fourth-order valence-electron chi connectivity index (χ4n) is 2.35. The lowest BCUT2D eigenvalue weighted by atomic mass is 10.1. The van der Waals surface area contributed by atoms with Crippen LogP contribution in [0.4, 0.5) is 0 Å². The van der Waals surface area contributed by atoms with Gasteiger partial charge in [-0.2, -0.15) is 0 Å². The Kier molecular flexibility index (Phi) is 4.37. The number of furan rings is 1. The van der Waals surface area contributed by atoms with Gasteiger partial charge in [-0.3, -0.25) is 4.79 Å². The van der Waals surface area contributed by atoms with E-state index in [0.29, 0.717) is 22.5 Å². The molecular formula is C18H17NO5. The third-order valence-corrected chi connectivity index (χ3v) is 3.34. The molecule has 0 aliphatic carbocycles. The molecule has 3 rings (SSSR count). The summed E-state index contributed by atoms with van der Waals surface area (Å²) >= 11 is 0. The van der Waals surface area contributed by atoms with E-state index in [2.05, 4.69) is 5.32 Å². The maximum atomic E-state index is 12.4. The molecule has 2 heterocycles. The Labute approximate surface area is 138 Å². The van der Waals surface area contributed by atoms with Gasteiger partial charge < -0.3 is 18.9 Å².